The minimum absolute atomic E-state index is 0.305. The number of aromatic hydroxyl groups is 1. The third-order valence-corrected chi connectivity index (χ3v) is 2.99. The maximum Gasteiger partial charge on any atom is 0.407 e. The molecule has 0 radical (unpaired) electrons. The fraction of sp³-hybridized carbons (Fsp3) is 0. The van der Waals surface area contributed by atoms with Crippen molar-refractivity contribution >= 4 is 16.0 Å². The molecule has 4 N–H and O–H groups in total. The summed E-state index contributed by atoms with van der Waals surface area (Å²) in [5, 5.41) is 9.40. The van der Waals surface area contributed by atoms with Crippen LogP contribution in [0.4, 0.5) is 5.69 Å². The zero-order valence-corrected chi connectivity index (χ0v) is 10.6. The van der Waals surface area contributed by atoms with Gasteiger partial charge in [-0.2, -0.15) is 8.42 Å². The van der Waals surface area contributed by atoms with Gasteiger partial charge in [0.25, 0.3) is 5.56 Å². The average Bonchev–Trinajstić information content (AvgIpc) is 2.35. The molecule has 1 aromatic heterocycles. The quantitative estimate of drug-likeness (QED) is 0.600. The fourth-order valence-electron chi connectivity index (χ4n) is 1.29. The number of rotatable bonds is 4. The molecule has 0 aliphatic rings. The number of phenols is 1. The van der Waals surface area contributed by atoms with Crippen LogP contribution in [-0.2, 0) is 10.3 Å². The van der Waals surface area contributed by atoms with Crippen molar-refractivity contribution in [2.24, 2.45) is 0 Å². The van der Waals surface area contributed by atoms with Gasteiger partial charge in [-0.1, -0.05) is 12.1 Å². The Morgan fingerprint density at radius 2 is 1.90 bits per heavy atom. The lowest BCUT2D eigenvalue weighted by Crippen LogP contribution is -2.28. The van der Waals surface area contributed by atoms with Gasteiger partial charge in [-0.05, 0) is 12.1 Å². The van der Waals surface area contributed by atoms with E-state index < -0.39 is 27.2 Å². The average molecular weight is 299 g/mol. The summed E-state index contributed by atoms with van der Waals surface area (Å²) in [6.07, 6.45) is 0.882. The van der Waals surface area contributed by atoms with Gasteiger partial charge in [0.05, 0.1) is 0 Å². The Morgan fingerprint density at radius 3 is 2.55 bits per heavy atom. The summed E-state index contributed by atoms with van der Waals surface area (Å²) in [6, 6.07) is 5.40. The second-order valence-electron chi connectivity index (χ2n) is 3.59. The Hall–Kier alpha value is -2.75. The van der Waals surface area contributed by atoms with Crippen LogP contribution in [0, 0.1) is 0 Å². The summed E-state index contributed by atoms with van der Waals surface area (Å²) in [6.45, 7) is 0. The monoisotopic (exact) mass is 299 g/mol. The lowest BCUT2D eigenvalue weighted by Gasteiger charge is -2.09. The maximum atomic E-state index is 11.7. The Labute approximate surface area is 112 Å². The number of nitrogens with one attached hydrogen (secondary N) is 3. The van der Waals surface area contributed by atoms with E-state index >= 15 is 0 Å². The van der Waals surface area contributed by atoms with Crippen molar-refractivity contribution in [1.82, 2.24) is 9.97 Å². The molecule has 1 heterocycles. The fourth-order valence-corrected chi connectivity index (χ4v) is 2.13. The van der Waals surface area contributed by atoms with E-state index in [2.05, 4.69) is 9.17 Å². The molecule has 0 fully saturated rings. The zero-order chi connectivity index (χ0) is 14.8. The highest BCUT2D eigenvalue weighted by Crippen LogP contribution is 2.25. The highest BCUT2D eigenvalue weighted by molar-refractivity contribution is 7.88. The van der Waals surface area contributed by atoms with E-state index in [9.17, 15) is 23.1 Å². The molecule has 9 nitrogen and oxygen atoms in total. The summed E-state index contributed by atoms with van der Waals surface area (Å²) in [5.41, 5.74) is -2.14. The van der Waals surface area contributed by atoms with Gasteiger partial charge in [0.15, 0.2) is 11.5 Å². The first kappa shape index (κ1) is 13.7. The van der Waals surface area contributed by atoms with E-state index in [1.54, 1.807) is 0 Å². The van der Waals surface area contributed by atoms with Gasteiger partial charge in [0.1, 0.15) is 5.69 Å². The lowest BCUT2D eigenvalue weighted by atomic mass is 10.3. The van der Waals surface area contributed by atoms with Crippen LogP contribution in [0.15, 0.2) is 40.1 Å². The van der Waals surface area contributed by atoms with Gasteiger partial charge in [-0.3, -0.25) is 9.78 Å². The molecule has 2 rings (SSSR count). The van der Waals surface area contributed by atoms with Crippen molar-refractivity contribution in [2.75, 3.05) is 4.72 Å². The van der Waals surface area contributed by atoms with Crippen LogP contribution in [0.25, 0.3) is 0 Å². The number of phenolic OH excluding ortho intramolecular Hbond substituents is 1. The molecular weight excluding hydrogens is 290 g/mol. The van der Waals surface area contributed by atoms with Crippen LogP contribution in [-0.4, -0.2) is 23.5 Å². The van der Waals surface area contributed by atoms with Crippen molar-refractivity contribution < 1.29 is 17.7 Å². The van der Waals surface area contributed by atoms with E-state index in [0.717, 1.165) is 6.20 Å². The first-order valence-electron chi connectivity index (χ1n) is 5.19. The summed E-state index contributed by atoms with van der Waals surface area (Å²) in [4.78, 5) is 26.1. The smallest absolute Gasteiger partial charge is 0.407 e. The number of aromatic amines is 2. The van der Waals surface area contributed by atoms with Crippen LogP contribution < -0.4 is 20.2 Å². The topological polar surface area (TPSA) is 141 Å². The minimum atomic E-state index is -4.40. The first-order valence-corrected chi connectivity index (χ1v) is 6.60. The summed E-state index contributed by atoms with van der Waals surface area (Å²) in [7, 11) is -4.40. The van der Waals surface area contributed by atoms with Gasteiger partial charge in [-0.25, -0.2) is 9.52 Å². The molecule has 0 spiro atoms. The third-order valence-electron chi connectivity index (χ3n) is 2.12. The molecule has 0 aliphatic carbocycles. The number of benzene rings is 1. The third kappa shape index (κ3) is 3.17. The molecule has 0 bridgehead atoms. The predicted octanol–water partition coefficient (Wildman–Crippen LogP) is -0.495. The van der Waals surface area contributed by atoms with Gasteiger partial charge < -0.3 is 14.3 Å². The first-order chi connectivity index (χ1) is 9.37. The number of hydrogen-bond donors (Lipinski definition) is 4. The SMILES string of the molecule is O=c1[nH]cc(NS(=O)(=O)Oc2ccccc2O)c(=O)[nH]1. The second kappa shape index (κ2) is 5.09. The second-order valence-corrected chi connectivity index (χ2v) is 4.87. The standard InChI is InChI=1S/C10H9N3O6S/c14-7-3-1-2-4-8(7)19-20(17,18)13-6-5-11-10(16)12-9(6)15/h1-5,13-14H,(H2,11,12,15,16). The van der Waals surface area contributed by atoms with Crippen molar-refractivity contribution in [3.05, 3.63) is 51.3 Å². The largest absolute Gasteiger partial charge is 0.504 e. The van der Waals surface area contributed by atoms with Crippen molar-refractivity contribution in [1.29, 1.82) is 0 Å². The molecular formula is C10H9N3O6S. The van der Waals surface area contributed by atoms with E-state index in [4.69, 9.17) is 0 Å². The lowest BCUT2D eigenvalue weighted by molar-refractivity contribution is 0.430. The van der Waals surface area contributed by atoms with Gasteiger partial charge in [0.2, 0.25) is 0 Å². The van der Waals surface area contributed by atoms with Crippen LogP contribution in [0.1, 0.15) is 0 Å². The number of aromatic nitrogens is 2. The minimum Gasteiger partial charge on any atom is -0.504 e. The Bertz CT molecular complexity index is 838. The van der Waals surface area contributed by atoms with Crippen LogP contribution in [0.2, 0.25) is 0 Å². The molecule has 106 valence electrons. The summed E-state index contributed by atoms with van der Waals surface area (Å²) in [5.74, 6) is -0.686. The molecule has 0 aliphatic heterocycles. The highest BCUT2D eigenvalue weighted by atomic mass is 32.2. The van der Waals surface area contributed by atoms with Gasteiger partial charge >= 0.3 is 16.0 Å². The van der Waals surface area contributed by atoms with E-state index in [1.807, 2.05) is 9.71 Å². The van der Waals surface area contributed by atoms with Crippen LogP contribution >= 0.6 is 0 Å². The summed E-state index contributed by atoms with van der Waals surface area (Å²) >= 11 is 0. The molecule has 1 aromatic carbocycles. The normalized spacial score (nSPS) is 11.0. The van der Waals surface area contributed by atoms with Crippen molar-refractivity contribution in [2.45, 2.75) is 0 Å². The molecule has 0 amide bonds. The maximum absolute atomic E-state index is 11.7. The zero-order valence-electron chi connectivity index (χ0n) is 9.78. The van der Waals surface area contributed by atoms with Crippen molar-refractivity contribution in [3.8, 4) is 11.5 Å². The Kier molecular flexibility index (Phi) is 3.48. The van der Waals surface area contributed by atoms with Gasteiger partial charge in [-0.15, -0.1) is 0 Å². The molecule has 10 heteroatoms. The van der Waals surface area contributed by atoms with Crippen LogP contribution in [0.5, 0.6) is 11.5 Å². The predicted molar refractivity (Wildman–Crippen MR) is 69.0 cm³/mol. The van der Waals surface area contributed by atoms with E-state index in [1.165, 1.54) is 24.3 Å². The molecule has 0 saturated carbocycles. The van der Waals surface area contributed by atoms with E-state index in [0.29, 0.717) is 0 Å². The Balaban J connectivity index is 2.26. The molecule has 2 aromatic rings. The number of hydrogen-bond acceptors (Lipinski definition) is 6. The van der Waals surface area contributed by atoms with Crippen molar-refractivity contribution in [3.63, 3.8) is 0 Å². The van der Waals surface area contributed by atoms with E-state index in [-0.39, 0.29) is 11.5 Å². The van der Waals surface area contributed by atoms with Crippen LogP contribution in [0.3, 0.4) is 0 Å². The van der Waals surface area contributed by atoms with Gasteiger partial charge in [0, 0.05) is 6.20 Å². The summed E-state index contributed by atoms with van der Waals surface area (Å²) < 4.78 is 29.7. The molecule has 20 heavy (non-hydrogen) atoms. The molecule has 0 saturated heterocycles. The molecule has 0 atom stereocenters. The highest BCUT2D eigenvalue weighted by Gasteiger charge is 2.16. The Morgan fingerprint density at radius 1 is 1.20 bits per heavy atom. The number of anilines is 1. The number of para-hydroxylation sites is 2. The molecule has 0 unspecified atom stereocenters. The number of H-pyrrole nitrogens is 2.